The van der Waals surface area contributed by atoms with Crippen LogP contribution in [0.4, 0.5) is 0 Å². The van der Waals surface area contributed by atoms with Gasteiger partial charge in [-0.3, -0.25) is 10.1 Å². The Morgan fingerprint density at radius 3 is 2.40 bits per heavy atom. The normalized spacial score (nSPS) is 16.3. The van der Waals surface area contributed by atoms with Gasteiger partial charge in [0.1, 0.15) is 0 Å². The van der Waals surface area contributed by atoms with Crippen molar-refractivity contribution in [2.75, 3.05) is 0 Å². The summed E-state index contributed by atoms with van der Waals surface area (Å²) < 4.78 is 0. The second-order valence-electron chi connectivity index (χ2n) is 2.06. The molecule has 0 spiro atoms. The van der Waals surface area contributed by atoms with Crippen molar-refractivity contribution >= 4 is 0 Å². The van der Waals surface area contributed by atoms with E-state index in [9.17, 15) is 10.1 Å². The first-order chi connectivity index (χ1) is 4.57. The molecule has 0 aliphatic rings. The number of hydrogen-bond donors (Lipinski definition) is 2. The molecule has 0 saturated heterocycles. The summed E-state index contributed by atoms with van der Waals surface area (Å²) in [6, 6.07) is 0. The minimum atomic E-state index is -1.63. The number of aliphatic hydroxyl groups excluding tert-OH is 2. The van der Waals surface area contributed by atoms with Gasteiger partial charge in [0.2, 0.25) is 0 Å². The molecule has 0 fully saturated rings. The van der Waals surface area contributed by atoms with Gasteiger partial charge in [-0.25, -0.2) is 0 Å². The van der Waals surface area contributed by atoms with Gasteiger partial charge in [-0.05, 0) is 6.42 Å². The fraction of sp³-hybridized carbons (Fsp3) is 1.00. The summed E-state index contributed by atoms with van der Waals surface area (Å²) in [5, 5.41) is 27.2. The van der Waals surface area contributed by atoms with Crippen LogP contribution in [-0.2, 0) is 0 Å². The van der Waals surface area contributed by atoms with Gasteiger partial charge in [-0.15, -0.1) is 0 Å². The van der Waals surface area contributed by atoms with Crippen molar-refractivity contribution in [3.8, 4) is 0 Å². The highest BCUT2D eigenvalue weighted by Gasteiger charge is 2.18. The topological polar surface area (TPSA) is 83.6 Å². The van der Waals surface area contributed by atoms with Crippen molar-refractivity contribution in [3.63, 3.8) is 0 Å². The van der Waals surface area contributed by atoms with Crippen molar-refractivity contribution in [1.29, 1.82) is 0 Å². The Balaban J connectivity index is 3.56. The van der Waals surface area contributed by atoms with Crippen LogP contribution < -0.4 is 0 Å². The summed E-state index contributed by atoms with van der Waals surface area (Å²) >= 11 is 0. The van der Waals surface area contributed by atoms with Crippen LogP contribution in [0.2, 0.25) is 0 Å². The predicted molar refractivity (Wildman–Crippen MR) is 33.9 cm³/mol. The molecule has 0 radical (unpaired) electrons. The maximum atomic E-state index is 9.80. The molecule has 0 aliphatic carbocycles. The van der Waals surface area contributed by atoms with Gasteiger partial charge in [0.15, 0.2) is 0 Å². The molecule has 0 aromatic carbocycles. The van der Waals surface area contributed by atoms with Gasteiger partial charge >= 0.3 is 6.23 Å². The van der Waals surface area contributed by atoms with Crippen LogP contribution in [0.3, 0.4) is 0 Å². The van der Waals surface area contributed by atoms with Crippen molar-refractivity contribution in [2.45, 2.75) is 32.1 Å². The third-order valence-electron chi connectivity index (χ3n) is 1.20. The van der Waals surface area contributed by atoms with Gasteiger partial charge in [-0.1, -0.05) is 6.92 Å². The van der Waals surface area contributed by atoms with Gasteiger partial charge in [0, 0.05) is 0 Å². The van der Waals surface area contributed by atoms with Crippen LogP contribution in [0.1, 0.15) is 19.8 Å². The van der Waals surface area contributed by atoms with Gasteiger partial charge in [-0.2, -0.15) is 0 Å². The summed E-state index contributed by atoms with van der Waals surface area (Å²) in [5.74, 6) is 0. The van der Waals surface area contributed by atoms with E-state index in [1.54, 1.807) is 6.92 Å². The van der Waals surface area contributed by atoms with Gasteiger partial charge in [0.25, 0.3) is 0 Å². The Morgan fingerprint density at radius 2 is 2.10 bits per heavy atom. The highest BCUT2D eigenvalue weighted by atomic mass is 16.7. The zero-order valence-electron chi connectivity index (χ0n) is 5.73. The second-order valence-corrected chi connectivity index (χ2v) is 2.06. The molecule has 10 heavy (non-hydrogen) atoms. The Kier molecular flexibility index (Phi) is 3.90. The quantitative estimate of drug-likeness (QED) is 0.328. The van der Waals surface area contributed by atoms with Crippen LogP contribution >= 0.6 is 0 Å². The number of hydrogen-bond acceptors (Lipinski definition) is 4. The third-order valence-corrected chi connectivity index (χ3v) is 1.20. The molecule has 0 aromatic heterocycles. The summed E-state index contributed by atoms with van der Waals surface area (Å²) in [5.41, 5.74) is 0. The molecular weight excluding hydrogens is 138 g/mol. The van der Waals surface area contributed by atoms with E-state index in [1.807, 2.05) is 0 Å². The van der Waals surface area contributed by atoms with Crippen LogP contribution in [0, 0.1) is 10.1 Å². The Hall–Kier alpha value is -0.680. The van der Waals surface area contributed by atoms with E-state index in [-0.39, 0.29) is 6.42 Å². The largest absolute Gasteiger partial charge is 0.393 e. The van der Waals surface area contributed by atoms with Crippen LogP contribution in [0.15, 0.2) is 0 Å². The number of aliphatic hydroxyl groups is 2. The predicted octanol–water partition coefficient (Wildman–Crippen LogP) is -0.258. The van der Waals surface area contributed by atoms with E-state index in [4.69, 9.17) is 10.2 Å². The van der Waals surface area contributed by atoms with Crippen LogP contribution in [0.5, 0.6) is 0 Å². The number of rotatable bonds is 4. The van der Waals surface area contributed by atoms with E-state index in [0.717, 1.165) is 0 Å². The fourth-order valence-electron chi connectivity index (χ4n) is 0.496. The maximum absolute atomic E-state index is 9.80. The molecular formula is C5H11NO4. The molecule has 0 saturated carbocycles. The Labute approximate surface area is 58.4 Å². The molecule has 5 nitrogen and oxygen atoms in total. The van der Waals surface area contributed by atoms with Gasteiger partial charge < -0.3 is 10.2 Å². The lowest BCUT2D eigenvalue weighted by Gasteiger charge is -2.06. The molecule has 0 aromatic rings. The number of nitro groups is 1. The summed E-state index contributed by atoms with van der Waals surface area (Å²) in [4.78, 5) is 8.97. The summed E-state index contributed by atoms with van der Waals surface area (Å²) in [6.45, 7) is 1.69. The minimum Gasteiger partial charge on any atom is -0.393 e. The third kappa shape index (κ3) is 3.37. The average Bonchev–Trinajstić information content (AvgIpc) is 1.87. The molecule has 0 heterocycles. The first-order valence-electron chi connectivity index (χ1n) is 3.07. The standard InChI is InChI=1S/C5H11NO4/c1-2-4(7)3-5(8)6(9)10/h4-5,7-8H,2-3H2,1H3. The minimum absolute atomic E-state index is 0.191. The molecule has 0 amide bonds. The van der Waals surface area contributed by atoms with Gasteiger partial charge in [0.05, 0.1) is 17.4 Å². The smallest absolute Gasteiger partial charge is 0.315 e. The van der Waals surface area contributed by atoms with Crippen molar-refractivity contribution < 1.29 is 15.1 Å². The first-order valence-corrected chi connectivity index (χ1v) is 3.07. The van der Waals surface area contributed by atoms with Crippen molar-refractivity contribution in [2.24, 2.45) is 0 Å². The summed E-state index contributed by atoms with van der Waals surface area (Å²) in [6.07, 6.45) is -2.18. The lowest BCUT2D eigenvalue weighted by molar-refractivity contribution is -0.572. The van der Waals surface area contributed by atoms with Crippen LogP contribution in [-0.4, -0.2) is 27.5 Å². The van der Waals surface area contributed by atoms with E-state index in [1.165, 1.54) is 0 Å². The molecule has 60 valence electrons. The van der Waals surface area contributed by atoms with E-state index < -0.39 is 17.3 Å². The average molecular weight is 149 g/mol. The Bertz CT molecular complexity index is 116. The molecule has 0 rings (SSSR count). The zero-order valence-corrected chi connectivity index (χ0v) is 5.73. The van der Waals surface area contributed by atoms with E-state index >= 15 is 0 Å². The van der Waals surface area contributed by atoms with E-state index in [0.29, 0.717) is 6.42 Å². The maximum Gasteiger partial charge on any atom is 0.315 e. The zero-order chi connectivity index (χ0) is 8.15. The number of nitrogens with zero attached hydrogens (tertiary/aromatic N) is 1. The molecule has 2 unspecified atom stereocenters. The molecule has 0 bridgehead atoms. The lowest BCUT2D eigenvalue weighted by Crippen LogP contribution is -2.24. The highest BCUT2D eigenvalue weighted by Crippen LogP contribution is 2.01. The second kappa shape index (κ2) is 4.19. The monoisotopic (exact) mass is 149 g/mol. The Morgan fingerprint density at radius 1 is 1.60 bits per heavy atom. The van der Waals surface area contributed by atoms with E-state index in [2.05, 4.69) is 0 Å². The lowest BCUT2D eigenvalue weighted by atomic mass is 10.2. The molecule has 5 heteroatoms. The summed E-state index contributed by atoms with van der Waals surface area (Å²) in [7, 11) is 0. The molecule has 2 N–H and O–H groups in total. The first kappa shape index (κ1) is 9.32. The van der Waals surface area contributed by atoms with Crippen molar-refractivity contribution in [1.82, 2.24) is 0 Å². The fourth-order valence-corrected chi connectivity index (χ4v) is 0.496. The van der Waals surface area contributed by atoms with Crippen molar-refractivity contribution in [3.05, 3.63) is 10.1 Å². The molecule has 0 aliphatic heterocycles. The SMILES string of the molecule is CCC(O)CC(O)[N+](=O)[O-]. The highest BCUT2D eigenvalue weighted by molar-refractivity contribution is 4.52. The molecule has 2 atom stereocenters. The van der Waals surface area contributed by atoms with Crippen LogP contribution in [0.25, 0.3) is 0 Å².